The van der Waals surface area contributed by atoms with Gasteiger partial charge in [-0.3, -0.25) is 9.69 Å². The van der Waals surface area contributed by atoms with Crippen LogP contribution in [0.25, 0.3) is 0 Å². The molecule has 2 bridgehead atoms. The van der Waals surface area contributed by atoms with Gasteiger partial charge in [-0.2, -0.15) is 0 Å². The van der Waals surface area contributed by atoms with Gasteiger partial charge < -0.3 is 10.1 Å². The highest BCUT2D eigenvalue weighted by atomic mass is 16.5. The minimum Gasteiger partial charge on any atom is -0.465 e. The van der Waals surface area contributed by atoms with Crippen LogP contribution in [0, 0.1) is 17.8 Å². The standard InChI is InChI=1S/C15H26N2O2/c1-2-19-15(18)14-9-16-5-6-17(14)10-13-8-11-3-4-12(13)7-11/h11-14,16H,2-10H2,1H3. The highest BCUT2D eigenvalue weighted by molar-refractivity contribution is 5.76. The molecule has 4 heteroatoms. The third kappa shape index (κ3) is 2.79. The van der Waals surface area contributed by atoms with Crippen LogP contribution in [0.3, 0.4) is 0 Å². The van der Waals surface area contributed by atoms with Gasteiger partial charge in [-0.15, -0.1) is 0 Å². The zero-order valence-electron chi connectivity index (χ0n) is 11.9. The summed E-state index contributed by atoms with van der Waals surface area (Å²) < 4.78 is 5.22. The Balaban J connectivity index is 1.59. The van der Waals surface area contributed by atoms with Crippen molar-refractivity contribution in [3.8, 4) is 0 Å². The second-order valence-corrected chi connectivity index (χ2v) is 6.40. The minimum atomic E-state index is -0.0622. The molecule has 0 amide bonds. The quantitative estimate of drug-likeness (QED) is 0.778. The summed E-state index contributed by atoms with van der Waals surface area (Å²) in [6, 6.07) is -0.0622. The summed E-state index contributed by atoms with van der Waals surface area (Å²) in [6.45, 7) is 6.20. The number of nitrogens with one attached hydrogen (secondary N) is 1. The second-order valence-electron chi connectivity index (χ2n) is 6.40. The van der Waals surface area contributed by atoms with Gasteiger partial charge in [0.1, 0.15) is 6.04 Å². The molecule has 1 N–H and O–H groups in total. The summed E-state index contributed by atoms with van der Waals surface area (Å²) >= 11 is 0. The molecule has 1 saturated heterocycles. The predicted octanol–water partition coefficient (Wildman–Crippen LogP) is 1.26. The van der Waals surface area contributed by atoms with Crippen molar-refractivity contribution in [2.45, 2.75) is 38.6 Å². The number of piperazine rings is 1. The maximum atomic E-state index is 12.0. The molecule has 0 aromatic rings. The number of fused-ring (bicyclic) bond motifs is 2. The first-order chi connectivity index (χ1) is 9.28. The summed E-state index contributed by atoms with van der Waals surface area (Å²) in [7, 11) is 0. The number of esters is 1. The summed E-state index contributed by atoms with van der Waals surface area (Å²) in [4.78, 5) is 14.4. The number of hydrogen-bond donors (Lipinski definition) is 1. The van der Waals surface area contributed by atoms with E-state index in [-0.39, 0.29) is 12.0 Å². The Morgan fingerprint density at radius 1 is 1.37 bits per heavy atom. The van der Waals surface area contributed by atoms with Crippen LogP contribution in [0.1, 0.15) is 32.6 Å². The van der Waals surface area contributed by atoms with Crippen molar-refractivity contribution in [1.29, 1.82) is 0 Å². The van der Waals surface area contributed by atoms with Gasteiger partial charge in [0.15, 0.2) is 0 Å². The largest absolute Gasteiger partial charge is 0.465 e. The Bertz CT molecular complexity index is 334. The normalized spacial score (nSPS) is 38.6. The molecule has 3 aliphatic rings. The summed E-state index contributed by atoms with van der Waals surface area (Å²) in [5.74, 6) is 2.70. The molecular weight excluding hydrogens is 240 g/mol. The van der Waals surface area contributed by atoms with Crippen LogP contribution in [0.5, 0.6) is 0 Å². The van der Waals surface area contributed by atoms with Crippen molar-refractivity contribution in [1.82, 2.24) is 10.2 Å². The lowest BCUT2D eigenvalue weighted by Gasteiger charge is -2.37. The number of nitrogens with zero attached hydrogens (tertiary/aromatic N) is 1. The fourth-order valence-corrected chi connectivity index (χ4v) is 4.34. The number of carbonyl (C=O) groups is 1. The number of ether oxygens (including phenoxy) is 1. The van der Waals surface area contributed by atoms with Gasteiger partial charge in [0, 0.05) is 26.2 Å². The molecule has 1 aliphatic heterocycles. The zero-order valence-corrected chi connectivity index (χ0v) is 11.9. The molecule has 2 aliphatic carbocycles. The van der Waals surface area contributed by atoms with Crippen LogP contribution in [0.15, 0.2) is 0 Å². The first-order valence-electron chi connectivity index (χ1n) is 7.89. The van der Waals surface area contributed by atoms with E-state index in [4.69, 9.17) is 4.74 Å². The Hall–Kier alpha value is -0.610. The van der Waals surface area contributed by atoms with Gasteiger partial charge in [0.2, 0.25) is 0 Å². The Morgan fingerprint density at radius 3 is 2.95 bits per heavy atom. The fraction of sp³-hybridized carbons (Fsp3) is 0.933. The van der Waals surface area contributed by atoms with Gasteiger partial charge in [0.25, 0.3) is 0 Å². The molecular formula is C15H26N2O2. The molecule has 2 saturated carbocycles. The van der Waals surface area contributed by atoms with Crippen molar-refractivity contribution in [2.75, 3.05) is 32.8 Å². The average molecular weight is 266 g/mol. The number of rotatable bonds is 4. The molecule has 0 aromatic heterocycles. The highest BCUT2D eigenvalue weighted by Crippen LogP contribution is 2.48. The van der Waals surface area contributed by atoms with E-state index in [1.54, 1.807) is 0 Å². The van der Waals surface area contributed by atoms with E-state index < -0.39 is 0 Å². The second kappa shape index (κ2) is 5.80. The van der Waals surface area contributed by atoms with Gasteiger partial charge in [-0.1, -0.05) is 6.42 Å². The average Bonchev–Trinajstić information content (AvgIpc) is 3.02. The van der Waals surface area contributed by atoms with Gasteiger partial charge in [-0.05, 0) is 43.9 Å². The molecule has 1 heterocycles. The van der Waals surface area contributed by atoms with E-state index in [2.05, 4.69) is 10.2 Å². The van der Waals surface area contributed by atoms with Crippen molar-refractivity contribution >= 4 is 5.97 Å². The molecule has 19 heavy (non-hydrogen) atoms. The van der Waals surface area contributed by atoms with E-state index in [1.807, 2.05) is 6.92 Å². The lowest BCUT2D eigenvalue weighted by Crippen LogP contribution is -2.56. The third-order valence-electron chi connectivity index (χ3n) is 5.27. The Labute approximate surface area is 115 Å². The van der Waals surface area contributed by atoms with Crippen LogP contribution in [-0.2, 0) is 9.53 Å². The maximum Gasteiger partial charge on any atom is 0.324 e. The van der Waals surface area contributed by atoms with E-state index >= 15 is 0 Å². The van der Waals surface area contributed by atoms with E-state index in [0.717, 1.165) is 43.9 Å². The van der Waals surface area contributed by atoms with Crippen LogP contribution in [-0.4, -0.2) is 49.7 Å². The van der Waals surface area contributed by atoms with Gasteiger partial charge >= 0.3 is 5.97 Å². The van der Waals surface area contributed by atoms with Gasteiger partial charge in [0.05, 0.1) is 6.61 Å². The van der Waals surface area contributed by atoms with Crippen LogP contribution < -0.4 is 5.32 Å². The van der Waals surface area contributed by atoms with Crippen LogP contribution in [0.4, 0.5) is 0 Å². The van der Waals surface area contributed by atoms with Crippen molar-refractivity contribution in [3.05, 3.63) is 0 Å². The molecule has 4 nitrogen and oxygen atoms in total. The lowest BCUT2D eigenvalue weighted by atomic mass is 9.88. The van der Waals surface area contributed by atoms with E-state index in [9.17, 15) is 4.79 Å². The minimum absolute atomic E-state index is 0.0437. The highest BCUT2D eigenvalue weighted by Gasteiger charge is 2.41. The Kier molecular flexibility index (Phi) is 4.08. The molecule has 4 atom stereocenters. The van der Waals surface area contributed by atoms with Gasteiger partial charge in [-0.25, -0.2) is 0 Å². The molecule has 108 valence electrons. The smallest absolute Gasteiger partial charge is 0.324 e. The van der Waals surface area contributed by atoms with Crippen LogP contribution in [0.2, 0.25) is 0 Å². The number of carbonyl (C=O) groups excluding carboxylic acids is 1. The van der Waals surface area contributed by atoms with Crippen molar-refractivity contribution in [2.24, 2.45) is 17.8 Å². The molecule has 3 fully saturated rings. The zero-order chi connectivity index (χ0) is 13.2. The van der Waals surface area contributed by atoms with Crippen molar-refractivity contribution in [3.63, 3.8) is 0 Å². The number of hydrogen-bond acceptors (Lipinski definition) is 4. The monoisotopic (exact) mass is 266 g/mol. The Morgan fingerprint density at radius 2 is 2.26 bits per heavy atom. The lowest BCUT2D eigenvalue weighted by molar-refractivity contribution is -0.150. The van der Waals surface area contributed by atoms with E-state index in [1.165, 1.54) is 25.7 Å². The van der Waals surface area contributed by atoms with Crippen LogP contribution >= 0.6 is 0 Å². The summed E-state index contributed by atoms with van der Waals surface area (Å²) in [5.41, 5.74) is 0. The SMILES string of the molecule is CCOC(=O)C1CNCCN1CC1CC2CCC1C2. The molecule has 4 unspecified atom stereocenters. The fourth-order valence-electron chi connectivity index (χ4n) is 4.34. The maximum absolute atomic E-state index is 12.0. The summed E-state index contributed by atoms with van der Waals surface area (Å²) in [5, 5.41) is 3.32. The topological polar surface area (TPSA) is 41.6 Å². The molecule has 3 rings (SSSR count). The summed E-state index contributed by atoms with van der Waals surface area (Å²) in [6.07, 6.45) is 5.71. The molecule has 0 spiro atoms. The first-order valence-corrected chi connectivity index (χ1v) is 7.89. The van der Waals surface area contributed by atoms with E-state index in [0.29, 0.717) is 6.61 Å². The van der Waals surface area contributed by atoms with Crippen molar-refractivity contribution < 1.29 is 9.53 Å². The molecule has 0 radical (unpaired) electrons. The first kappa shape index (κ1) is 13.4. The molecule has 0 aromatic carbocycles. The third-order valence-corrected chi connectivity index (χ3v) is 5.27. The predicted molar refractivity (Wildman–Crippen MR) is 73.8 cm³/mol.